The highest BCUT2D eigenvalue weighted by molar-refractivity contribution is 5.91. The number of hydrogen-bond acceptors (Lipinski definition) is 13. The van der Waals surface area contributed by atoms with E-state index in [2.05, 4.69) is 25.3 Å². The van der Waals surface area contributed by atoms with Crippen LogP contribution < -0.4 is 21.5 Å². The summed E-state index contributed by atoms with van der Waals surface area (Å²) in [6.45, 7) is 4.60. The Labute approximate surface area is 269 Å². The maximum absolute atomic E-state index is 13.0. The molecule has 0 saturated carbocycles. The molecule has 1 aromatic carbocycles. The second kappa shape index (κ2) is 14.3. The number of carbonyl (C=O) groups is 3. The summed E-state index contributed by atoms with van der Waals surface area (Å²) in [6.07, 6.45) is -1.09. The minimum Gasteiger partial charge on any atom is -0.459 e. The lowest BCUT2D eigenvalue weighted by Gasteiger charge is -2.25. The monoisotopic (exact) mass is 648 g/mol. The number of rotatable bonds is 11. The number of imidazole rings is 1. The Morgan fingerprint density at radius 3 is 2.66 bits per heavy atom. The summed E-state index contributed by atoms with van der Waals surface area (Å²) < 4.78 is 24.3. The fourth-order valence-electron chi connectivity index (χ4n) is 4.98. The molecule has 16 heteroatoms. The average Bonchev–Trinajstić information content (AvgIpc) is 3.63. The molecule has 1 aliphatic heterocycles. The minimum atomic E-state index is -0.965. The Balaban J connectivity index is 1.29. The van der Waals surface area contributed by atoms with Gasteiger partial charge in [-0.3, -0.25) is 29.3 Å². The second-order valence-electron chi connectivity index (χ2n) is 11.3. The summed E-state index contributed by atoms with van der Waals surface area (Å²) in [7, 11) is 1.80. The van der Waals surface area contributed by atoms with E-state index in [1.807, 2.05) is 30.3 Å². The Kier molecular flexibility index (Phi) is 9.99. The summed E-state index contributed by atoms with van der Waals surface area (Å²) in [5.74, 6) is -0.698. The standard InChI is InChI=1S/C31H36N8O8/c1-17(2)28(41)36-30-35-27-26(29(42)37-30)34-16-39(27)25-13-21(45-18(3)40)23(46-25)15-44-31(43)47-22(19-8-6-5-7-9-19)14-38(4)24-12-20(32)10-11-33-24/h5-12,16-17,21-23,25H,13-15H2,1-4H3,(H2,32,33)(H2,35,36,37,41,42)/t21-,22?,23+,25+/m0/s1. The Bertz CT molecular complexity index is 1790. The zero-order valence-electron chi connectivity index (χ0n) is 26.3. The van der Waals surface area contributed by atoms with Crippen molar-refractivity contribution in [2.45, 2.75) is 51.7 Å². The van der Waals surface area contributed by atoms with Gasteiger partial charge in [-0.05, 0) is 11.6 Å². The number of nitrogens with zero attached hydrogens (tertiary/aromatic N) is 5. The summed E-state index contributed by atoms with van der Waals surface area (Å²) in [5.41, 5.74) is 6.79. The number of likely N-dealkylation sites (N-methyl/N-ethyl adjacent to an activating group) is 1. The molecule has 47 heavy (non-hydrogen) atoms. The number of amides is 1. The molecule has 1 aliphatic rings. The molecule has 1 unspecified atom stereocenters. The Morgan fingerprint density at radius 1 is 1.19 bits per heavy atom. The van der Waals surface area contributed by atoms with Gasteiger partial charge in [-0.15, -0.1) is 0 Å². The lowest BCUT2D eigenvalue weighted by atomic mass is 10.1. The van der Waals surface area contributed by atoms with Crippen molar-refractivity contribution in [3.8, 4) is 0 Å². The van der Waals surface area contributed by atoms with Crippen LogP contribution in [0.3, 0.4) is 0 Å². The van der Waals surface area contributed by atoms with Gasteiger partial charge in [-0.1, -0.05) is 44.2 Å². The SMILES string of the molecule is CC(=O)O[C@H]1C[C@H](n2cnc3c(=O)[nH]c(NC(=O)C(C)C)nc32)O[C@@H]1COC(=O)OC(CN(C)c1cc(N)ccn1)c1ccccc1. The van der Waals surface area contributed by atoms with Gasteiger partial charge in [-0.2, -0.15) is 4.98 Å². The van der Waals surface area contributed by atoms with Gasteiger partial charge in [0.25, 0.3) is 5.56 Å². The molecule has 248 valence electrons. The number of pyridine rings is 1. The smallest absolute Gasteiger partial charge is 0.459 e. The zero-order chi connectivity index (χ0) is 33.7. The van der Waals surface area contributed by atoms with Gasteiger partial charge in [-0.25, -0.2) is 14.8 Å². The largest absolute Gasteiger partial charge is 0.509 e. The summed E-state index contributed by atoms with van der Waals surface area (Å²) in [6, 6.07) is 12.5. The van der Waals surface area contributed by atoms with Crippen molar-refractivity contribution in [2.75, 3.05) is 36.1 Å². The highest BCUT2D eigenvalue weighted by Crippen LogP contribution is 2.33. The third-order valence-electron chi connectivity index (χ3n) is 7.38. The third-order valence-corrected chi connectivity index (χ3v) is 7.38. The first kappa shape index (κ1) is 32.9. The van der Waals surface area contributed by atoms with E-state index in [0.29, 0.717) is 11.5 Å². The van der Waals surface area contributed by atoms with Crippen LogP contribution >= 0.6 is 0 Å². The molecule has 0 aliphatic carbocycles. The normalized spacial score (nSPS) is 18.1. The molecule has 1 amide bonds. The maximum atomic E-state index is 13.0. The van der Waals surface area contributed by atoms with Crippen LogP contribution in [-0.4, -0.2) is 74.9 Å². The number of aromatic nitrogens is 5. The van der Waals surface area contributed by atoms with Crippen LogP contribution in [0.2, 0.25) is 0 Å². The number of benzene rings is 1. The zero-order valence-corrected chi connectivity index (χ0v) is 26.3. The first-order chi connectivity index (χ1) is 22.5. The van der Waals surface area contributed by atoms with Crippen LogP contribution in [0.4, 0.5) is 22.2 Å². The number of aromatic amines is 1. The molecule has 0 spiro atoms. The van der Waals surface area contributed by atoms with Crippen molar-refractivity contribution in [3.05, 3.63) is 70.9 Å². The van der Waals surface area contributed by atoms with Gasteiger partial charge in [0, 0.05) is 44.3 Å². The molecular formula is C31H36N8O8. The number of nitrogen functional groups attached to an aromatic ring is 1. The van der Waals surface area contributed by atoms with Gasteiger partial charge in [0.2, 0.25) is 11.9 Å². The molecule has 1 fully saturated rings. The van der Waals surface area contributed by atoms with Gasteiger partial charge in [0.15, 0.2) is 11.2 Å². The van der Waals surface area contributed by atoms with Gasteiger partial charge < -0.3 is 29.6 Å². The molecule has 0 radical (unpaired) electrons. The fraction of sp³-hybridized carbons (Fsp3) is 0.387. The van der Waals surface area contributed by atoms with E-state index in [9.17, 15) is 19.2 Å². The number of H-pyrrole nitrogens is 1. The summed E-state index contributed by atoms with van der Waals surface area (Å²) in [5, 5.41) is 2.57. The molecule has 3 aromatic heterocycles. The topological polar surface area (TPSA) is 206 Å². The first-order valence-corrected chi connectivity index (χ1v) is 14.9. The number of hydrogen-bond donors (Lipinski definition) is 3. The highest BCUT2D eigenvalue weighted by Gasteiger charge is 2.40. The van der Waals surface area contributed by atoms with Crippen molar-refractivity contribution in [1.82, 2.24) is 24.5 Å². The number of nitrogens with one attached hydrogen (secondary N) is 2. The van der Waals surface area contributed by atoms with Crippen molar-refractivity contribution in [3.63, 3.8) is 0 Å². The van der Waals surface area contributed by atoms with E-state index < -0.39 is 42.2 Å². The second-order valence-corrected chi connectivity index (χ2v) is 11.3. The van der Waals surface area contributed by atoms with Crippen LogP contribution in [0, 0.1) is 5.92 Å². The van der Waals surface area contributed by atoms with Crippen molar-refractivity contribution < 1.29 is 33.3 Å². The summed E-state index contributed by atoms with van der Waals surface area (Å²) >= 11 is 0. The van der Waals surface area contributed by atoms with Crippen molar-refractivity contribution in [2.24, 2.45) is 5.92 Å². The van der Waals surface area contributed by atoms with Crippen molar-refractivity contribution in [1.29, 1.82) is 0 Å². The average molecular weight is 649 g/mol. The third kappa shape index (κ3) is 8.02. The van der Waals surface area contributed by atoms with Crippen LogP contribution in [0.25, 0.3) is 11.2 Å². The Hall–Kier alpha value is -5.51. The molecule has 4 heterocycles. The number of anilines is 3. The molecule has 1 saturated heterocycles. The maximum Gasteiger partial charge on any atom is 0.509 e. The van der Waals surface area contributed by atoms with E-state index in [1.165, 1.54) is 17.8 Å². The number of ether oxygens (including phenoxy) is 4. The van der Waals surface area contributed by atoms with E-state index in [0.717, 1.165) is 5.56 Å². The van der Waals surface area contributed by atoms with Gasteiger partial charge in [0.05, 0.1) is 12.9 Å². The van der Waals surface area contributed by atoms with E-state index in [1.54, 1.807) is 44.1 Å². The van der Waals surface area contributed by atoms with E-state index in [-0.39, 0.29) is 48.5 Å². The molecule has 4 N–H and O–H groups in total. The van der Waals surface area contributed by atoms with E-state index >= 15 is 0 Å². The fourth-order valence-corrected chi connectivity index (χ4v) is 4.98. The van der Waals surface area contributed by atoms with Gasteiger partial charge in [0.1, 0.15) is 37.0 Å². The number of esters is 1. The number of nitrogens with two attached hydrogens (primary N) is 1. The molecule has 0 bridgehead atoms. The predicted molar refractivity (Wildman–Crippen MR) is 169 cm³/mol. The number of carbonyl (C=O) groups excluding carboxylic acids is 3. The number of fused-ring (bicyclic) bond motifs is 1. The molecule has 4 atom stereocenters. The van der Waals surface area contributed by atoms with Gasteiger partial charge >= 0.3 is 12.1 Å². The molecule has 16 nitrogen and oxygen atoms in total. The van der Waals surface area contributed by atoms with Crippen LogP contribution in [-0.2, 0) is 28.5 Å². The first-order valence-electron chi connectivity index (χ1n) is 14.9. The highest BCUT2D eigenvalue weighted by atomic mass is 16.7. The minimum absolute atomic E-state index is 0.0220. The predicted octanol–water partition coefficient (Wildman–Crippen LogP) is 2.94. The van der Waals surface area contributed by atoms with Crippen molar-refractivity contribution >= 4 is 46.6 Å². The lowest BCUT2D eigenvalue weighted by Crippen LogP contribution is -2.33. The van der Waals surface area contributed by atoms with Crippen LogP contribution in [0.15, 0.2) is 59.8 Å². The quantitative estimate of drug-likeness (QED) is 0.200. The summed E-state index contributed by atoms with van der Waals surface area (Å²) in [4.78, 5) is 67.0. The van der Waals surface area contributed by atoms with Crippen LogP contribution in [0.1, 0.15) is 45.1 Å². The molecule has 5 rings (SSSR count). The molecule has 4 aromatic rings. The molecular weight excluding hydrogens is 612 g/mol. The van der Waals surface area contributed by atoms with Crippen LogP contribution in [0.5, 0.6) is 0 Å². The Morgan fingerprint density at radius 2 is 1.96 bits per heavy atom. The lowest BCUT2D eigenvalue weighted by molar-refractivity contribution is -0.150. The van der Waals surface area contributed by atoms with E-state index in [4.69, 9.17) is 24.7 Å².